The highest BCUT2D eigenvalue weighted by atomic mass is 16.6. The van der Waals surface area contributed by atoms with E-state index < -0.39 is 0 Å². The van der Waals surface area contributed by atoms with Crippen molar-refractivity contribution >= 4 is 6.09 Å². The number of amides is 1. The minimum absolute atomic E-state index is 0.143. The molecule has 0 saturated carbocycles. The quantitative estimate of drug-likeness (QED) is 0.747. The van der Waals surface area contributed by atoms with Gasteiger partial charge in [-0.15, -0.1) is 0 Å². The number of hydrogen-bond donors (Lipinski definition) is 0. The lowest BCUT2D eigenvalue weighted by atomic mass is 10.1. The second-order valence-electron chi connectivity index (χ2n) is 4.98. The molecule has 2 aromatic carbocycles. The van der Waals surface area contributed by atoms with Gasteiger partial charge in [-0.2, -0.15) is 0 Å². The van der Waals surface area contributed by atoms with Crippen LogP contribution in [-0.2, 0) is 4.74 Å². The fraction of sp³-hybridized carbons (Fsp3) is 0.167. The normalized spacial score (nSPS) is 17.1. The van der Waals surface area contributed by atoms with Crippen molar-refractivity contribution in [1.82, 2.24) is 4.90 Å². The highest BCUT2D eigenvalue weighted by Gasteiger charge is 2.33. The lowest BCUT2D eigenvalue weighted by Gasteiger charge is -2.14. The van der Waals surface area contributed by atoms with Gasteiger partial charge in [0.05, 0.1) is 0 Å². The van der Waals surface area contributed by atoms with Gasteiger partial charge in [0.15, 0.2) is 0 Å². The molecule has 1 aliphatic rings. The third-order valence-electron chi connectivity index (χ3n) is 3.40. The van der Waals surface area contributed by atoms with Gasteiger partial charge in [0, 0.05) is 11.6 Å². The Morgan fingerprint density at radius 1 is 1.14 bits per heavy atom. The first-order chi connectivity index (χ1) is 10.2. The first kappa shape index (κ1) is 13.3. The molecule has 1 atom stereocenters. The fourth-order valence-electron chi connectivity index (χ4n) is 2.31. The highest BCUT2D eigenvalue weighted by Crippen LogP contribution is 2.26. The molecule has 3 nitrogen and oxygen atoms in total. The van der Waals surface area contributed by atoms with E-state index in [2.05, 4.69) is 12.0 Å². The summed E-state index contributed by atoms with van der Waals surface area (Å²) in [5.74, 6) is 3.03. The molecule has 1 aliphatic heterocycles. The number of carbonyl (C=O) groups is 1. The van der Waals surface area contributed by atoms with Crippen LogP contribution in [0.15, 0.2) is 54.6 Å². The van der Waals surface area contributed by atoms with Gasteiger partial charge in [0.2, 0.25) is 0 Å². The van der Waals surface area contributed by atoms with Crippen LogP contribution in [0.3, 0.4) is 0 Å². The van der Waals surface area contributed by atoms with Crippen molar-refractivity contribution < 1.29 is 9.53 Å². The number of aryl methyl sites for hydroxylation is 1. The topological polar surface area (TPSA) is 29.5 Å². The van der Waals surface area contributed by atoms with Gasteiger partial charge in [-0.05, 0) is 36.1 Å². The largest absolute Gasteiger partial charge is 0.446 e. The van der Waals surface area contributed by atoms with E-state index in [0.29, 0.717) is 6.61 Å². The molecule has 0 aromatic heterocycles. The molecule has 0 bridgehead atoms. The van der Waals surface area contributed by atoms with E-state index in [0.717, 1.165) is 16.7 Å². The van der Waals surface area contributed by atoms with Gasteiger partial charge in [-0.1, -0.05) is 42.5 Å². The first-order valence-electron chi connectivity index (χ1n) is 6.83. The number of carbonyl (C=O) groups excluding carboxylic acids is 1. The molecule has 0 spiro atoms. The van der Waals surface area contributed by atoms with Crippen LogP contribution in [0.2, 0.25) is 0 Å². The summed E-state index contributed by atoms with van der Waals surface area (Å²) in [6, 6.07) is 20.5. The smallest absolute Gasteiger partial charge is 0.422 e. The Bertz CT molecular complexity index is 713. The summed E-state index contributed by atoms with van der Waals surface area (Å²) in [5, 5.41) is 0. The van der Waals surface area contributed by atoms with Gasteiger partial charge in [-0.3, -0.25) is 0 Å². The number of rotatable bonds is 1. The summed E-state index contributed by atoms with van der Waals surface area (Å²) < 4.78 is 5.13. The zero-order valence-electron chi connectivity index (χ0n) is 11.7. The van der Waals surface area contributed by atoms with Gasteiger partial charge in [0.1, 0.15) is 12.6 Å². The molecule has 0 aliphatic carbocycles. The summed E-state index contributed by atoms with van der Waals surface area (Å²) in [6.45, 7) is 2.35. The molecule has 1 saturated heterocycles. The maximum atomic E-state index is 11.8. The van der Waals surface area contributed by atoms with Crippen LogP contribution in [-0.4, -0.2) is 17.6 Å². The molecule has 0 unspecified atom stereocenters. The summed E-state index contributed by atoms with van der Waals surface area (Å²) in [5.41, 5.74) is 3.06. The number of hydrogen-bond acceptors (Lipinski definition) is 2. The monoisotopic (exact) mass is 277 g/mol. The van der Waals surface area contributed by atoms with Gasteiger partial charge < -0.3 is 4.74 Å². The molecular weight excluding hydrogens is 262 g/mol. The van der Waals surface area contributed by atoms with Crippen LogP contribution in [0.5, 0.6) is 0 Å². The Labute approximate surface area is 124 Å². The van der Waals surface area contributed by atoms with Crippen LogP contribution in [0.1, 0.15) is 22.7 Å². The lowest BCUT2D eigenvalue weighted by Crippen LogP contribution is -2.22. The summed E-state index contributed by atoms with van der Waals surface area (Å²) in [7, 11) is 0. The van der Waals surface area contributed by atoms with E-state index in [1.165, 1.54) is 4.90 Å². The van der Waals surface area contributed by atoms with E-state index in [1.807, 2.05) is 61.5 Å². The van der Waals surface area contributed by atoms with Crippen molar-refractivity contribution in [3.63, 3.8) is 0 Å². The van der Waals surface area contributed by atoms with Crippen molar-refractivity contribution in [2.75, 3.05) is 6.61 Å². The average molecular weight is 277 g/mol. The number of cyclic esters (lactones) is 1. The Morgan fingerprint density at radius 3 is 2.71 bits per heavy atom. The van der Waals surface area contributed by atoms with Gasteiger partial charge >= 0.3 is 6.09 Å². The standard InChI is InChI=1S/C18H15NO2/c1-14-6-5-7-15(12-14)10-11-19-17(13-21-18(19)20)16-8-3-2-4-9-16/h2-9,12,17H,13H2,1H3/t17-/m0/s1. The molecule has 1 fully saturated rings. The van der Waals surface area contributed by atoms with Crippen LogP contribution >= 0.6 is 0 Å². The Morgan fingerprint density at radius 2 is 1.95 bits per heavy atom. The number of nitrogens with zero attached hydrogens (tertiary/aromatic N) is 1. The fourth-order valence-corrected chi connectivity index (χ4v) is 2.31. The summed E-state index contributed by atoms with van der Waals surface area (Å²) >= 11 is 0. The first-order valence-corrected chi connectivity index (χ1v) is 6.83. The number of ether oxygens (including phenoxy) is 1. The lowest BCUT2D eigenvalue weighted by molar-refractivity contribution is 0.167. The molecule has 21 heavy (non-hydrogen) atoms. The van der Waals surface area contributed by atoms with E-state index in [-0.39, 0.29) is 12.1 Å². The molecule has 1 heterocycles. The SMILES string of the molecule is Cc1cccc(C#CN2C(=O)OC[C@H]2c2ccccc2)c1. The van der Waals surface area contributed by atoms with Crippen molar-refractivity contribution in [1.29, 1.82) is 0 Å². The van der Waals surface area contributed by atoms with E-state index >= 15 is 0 Å². The van der Waals surface area contributed by atoms with Crippen LogP contribution in [0, 0.1) is 18.9 Å². The second-order valence-corrected chi connectivity index (χ2v) is 4.98. The minimum atomic E-state index is -0.385. The average Bonchev–Trinajstić information content (AvgIpc) is 2.87. The summed E-state index contributed by atoms with van der Waals surface area (Å²) in [4.78, 5) is 13.3. The molecular formula is C18H15NO2. The van der Waals surface area contributed by atoms with Gasteiger partial charge in [-0.25, -0.2) is 9.69 Å². The van der Waals surface area contributed by atoms with E-state index in [9.17, 15) is 4.79 Å². The van der Waals surface area contributed by atoms with Crippen LogP contribution < -0.4 is 0 Å². The van der Waals surface area contributed by atoms with Gasteiger partial charge in [0.25, 0.3) is 0 Å². The van der Waals surface area contributed by atoms with Crippen molar-refractivity contribution in [2.45, 2.75) is 13.0 Å². The predicted molar refractivity (Wildman–Crippen MR) is 80.4 cm³/mol. The molecule has 3 heteroatoms. The molecule has 1 amide bonds. The van der Waals surface area contributed by atoms with Crippen LogP contribution in [0.25, 0.3) is 0 Å². The predicted octanol–water partition coefficient (Wildman–Crippen LogP) is 3.50. The van der Waals surface area contributed by atoms with Crippen LogP contribution in [0.4, 0.5) is 4.79 Å². The van der Waals surface area contributed by atoms with Crippen molar-refractivity contribution in [3.8, 4) is 12.0 Å². The Kier molecular flexibility index (Phi) is 3.61. The van der Waals surface area contributed by atoms with E-state index in [4.69, 9.17) is 4.74 Å². The zero-order valence-corrected chi connectivity index (χ0v) is 11.7. The molecule has 3 rings (SSSR count). The second kappa shape index (κ2) is 5.72. The third-order valence-corrected chi connectivity index (χ3v) is 3.40. The van der Waals surface area contributed by atoms with Crippen molar-refractivity contribution in [3.05, 3.63) is 71.3 Å². The maximum Gasteiger partial charge on any atom is 0.422 e. The van der Waals surface area contributed by atoms with E-state index in [1.54, 1.807) is 0 Å². The molecule has 2 aromatic rings. The third kappa shape index (κ3) is 2.90. The zero-order chi connectivity index (χ0) is 14.7. The van der Waals surface area contributed by atoms with Crippen molar-refractivity contribution in [2.24, 2.45) is 0 Å². The highest BCUT2D eigenvalue weighted by molar-refractivity contribution is 5.73. The molecule has 0 N–H and O–H groups in total. The minimum Gasteiger partial charge on any atom is -0.446 e. The Hall–Kier alpha value is -2.73. The Balaban J connectivity index is 1.88. The molecule has 104 valence electrons. The summed E-state index contributed by atoms with van der Waals surface area (Å²) in [6.07, 6.45) is -0.385. The molecule has 0 radical (unpaired) electrons. The maximum absolute atomic E-state index is 11.8. The number of benzene rings is 2.